The standard InChI is InChI=1S/C14H15NO2S2/c1-12-8-10-13(11-9-12)18(16)15-19(2,17)14-6-4-3-5-7-14/h3-11H,1-2H3. The number of benzene rings is 2. The predicted molar refractivity (Wildman–Crippen MR) is 78.8 cm³/mol. The van der Waals surface area contributed by atoms with Crippen LogP contribution in [0.4, 0.5) is 0 Å². The first kappa shape index (κ1) is 14.0. The maximum absolute atomic E-state index is 12.5. The average Bonchev–Trinajstić information content (AvgIpc) is 2.40. The van der Waals surface area contributed by atoms with E-state index in [2.05, 4.69) is 3.77 Å². The van der Waals surface area contributed by atoms with E-state index >= 15 is 0 Å². The summed E-state index contributed by atoms with van der Waals surface area (Å²) >= 11 is 0. The van der Waals surface area contributed by atoms with Gasteiger partial charge < -0.3 is 0 Å². The Morgan fingerprint density at radius 2 is 1.58 bits per heavy atom. The van der Waals surface area contributed by atoms with E-state index in [1.807, 2.05) is 25.1 Å². The van der Waals surface area contributed by atoms with Crippen molar-refractivity contribution in [3.8, 4) is 0 Å². The van der Waals surface area contributed by atoms with Crippen LogP contribution in [0, 0.1) is 6.92 Å². The van der Waals surface area contributed by atoms with E-state index in [0.29, 0.717) is 9.79 Å². The minimum absolute atomic E-state index is 0.566. The van der Waals surface area contributed by atoms with Gasteiger partial charge in [-0.1, -0.05) is 35.9 Å². The summed E-state index contributed by atoms with van der Waals surface area (Å²) in [5.41, 5.74) is 1.08. The minimum Gasteiger partial charge on any atom is -0.244 e. The maximum Gasteiger partial charge on any atom is 0.181 e. The third kappa shape index (κ3) is 3.52. The van der Waals surface area contributed by atoms with E-state index in [1.165, 1.54) is 6.26 Å². The topological polar surface area (TPSA) is 46.5 Å². The van der Waals surface area contributed by atoms with Crippen LogP contribution in [0.15, 0.2) is 68.2 Å². The third-order valence-corrected chi connectivity index (χ3v) is 6.11. The molecule has 100 valence electrons. The summed E-state index contributed by atoms with van der Waals surface area (Å²) in [5.74, 6) is 0. The number of rotatable bonds is 3. The molecule has 0 N–H and O–H groups in total. The Kier molecular flexibility index (Phi) is 4.17. The second-order valence-electron chi connectivity index (χ2n) is 4.25. The van der Waals surface area contributed by atoms with E-state index in [1.54, 1.807) is 36.4 Å². The second kappa shape index (κ2) is 5.67. The van der Waals surface area contributed by atoms with Crippen LogP contribution in [0.3, 0.4) is 0 Å². The van der Waals surface area contributed by atoms with Gasteiger partial charge in [0.05, 0.1) is 14.6 Å². The fraction of sp³-hybridized carbons (Fsp3) is 0.143. The van der Waals surface area contributed by atoms with Gasteiger partial charge in [0.2, 0.25) is 0 Å². The Morgan fingerprint density at radius 1 is 1.00 bits per heavy atom. The molecule has 0 heterocycles. The molecule has 0 spiro atoms. The molecule has 0 aliphatic rings. The Bertz CT molecular complexity index is 700. The first-order valence-corrected chi connectivity index (χ1v) is 8.78. The molecule has 0 fully saturated rings. The number of nitrogens with zero attached hydrogens (tertiary/aromatic N) is 1. The van der Waals surface area contributed by atoms with Gasteiger partial charge in [0.1, 0.15) is 0 Å². The van der Waals surface area contributed by atoms with Gasteiger partial charge in [-0.25, -0.2) is 8.42 Å². The molecule has 0 bridgehead atoms. The number of hydrogen-bond donors (Lipinski definition) is 0. The molecule has 2 atom stereocenters. The van der Waals surface area contributed by atoms with Crippen LogP contribution >= 0.6 is 0 Å². The first-order valence-electron chi connectivity index (χ1n) is 5.75. The molecule has 0 aromatic heterocycles. The highest BCUT2D eigenvalue weighted by atomic mass is 32.3. The van der Waals surface area contributed by atoms with E-state index < -0.39 is 20.7 Å². The highest BCUT2D eigenvalue weighted by Crippen LogP contribution is 2.15. The fourth-order valence-electron chi connectivity index (χ4n) is 1.54. The van der Waals surface area contributed by atoms with Crippen molar-refractivity contribution in [3.63, 3.8) is 0 Å². The predicted octanol–water partition coefficient (Wildman–Crippen LogP) is 3.17. The van der Waals surface area contributed by atoms with Crippen LogP contribution in [0.2, 0.25) is 0 Å². The van der Waals surface area contributed by atoms with Crippen LogP contribution in [-0.2, 0) is 20.7 Å². The molecule has 3 nitrogen and oxygen atoms in total. The molecule has 5 heteroatoms. The second-order valence-corrected chi connectivity index (χ2v) is 7.89. The molecule has 2 aromatic rings. The normalized spacial score (nSPS) is 15.5. The van der Waals surface area contributed by atoms with E-state index in [0.717, 1.165) is 5.56 Å². The van der Waals surface area contributed by atoms with Crippen molar-refractivity contribution in [2.24, 2.45) is 3.77 Å². The van der Waals surface area contributed by atoms with Crippen molar-refractivity contribution < 1.29 is 8.42 Å². The van der Waals surface area contributed by atoms with E-state index in [-0.39, 0.29) is 0 Å². The Balaban J connectivity index is 2.38. The monoisotopic (exact) mass is 293 g/mol. The molecular weight excluding hydrogens is 278 g/mol. The maximum atomic E-state index is 12.5. The molecular formula is C14H15NO2S2. The fourth-order valence-corrected chi connectivity index (χ4v) is 4.30. The highest BCUT2D eigenvalue weighted by Gasteiger charge is 2.09. The van der Waals surface area contributed by atoms with Crippen LogP contribution < -0.4 is 0 Å². The summed E-state index contributed by atoms with van der Waals surface area (Å²) in [4.78, 5) is 1.16. The van der Waals surface area contributed by atoms with Gasteiger partial charge in [-0.15, -0.1) is 3.77 Å². The Labute approximate surface area is 116 Å². The quantitative estimate of drug-likeness (QED) is 0.872. The largest absolute Gasteiger partial charge is 0.244 e. The molecule has 2 rings (SSSR count). The zero-order valence-electron chi connectivity index (χ0n) is 10.8. The van der Waals surface area contributed by atoms with Crippen molar-refractivity contribution >= 4 is 20.7 Å². The van der Waals surface area contributed by atoms with Crippen LogP contribution in [0.25, 0.3) is 0 Å². The summed E-state index contributed by atoms with van der Waals surface area (Å²) in [5, 5.41) is 0. The molecule has 0 aliphatic heterocycles. The third-order valence-electron chi connectivity index (χ3n) is 2.61. The molecule has 0 saturated carbocycles. The zero-order chi connectivity index (χ0) is 13.9. The van der Waals surface area contributed by atoms with Crippen LogP contribution in [-0.4, -0.2) is 14.7 Å². The molecule has 0 radical (unpaired) electrons. The van der Waals surface area contributed by atoms with Crippen molar-refractivity contribution in [3.05, 3.63) is 60.2 Å². The lowest BCUT2D eigenvalue weighted by Crippen LogP contribution is -2.00. The molecule has 2 unspecified atom stereocenters. The highest BCUT2D eigenvalue weighted by molar-refractivity contribution is 8.00. The average molecular weight is 293 g/mol. The molecule has 2 aromatic carbocycles. The van der Waals surface area contributed by atoms with Gasteiger partial charge in [0.25, 0.3) is 0 Å². The van der Waals surface area contributed by atoms with Gasteiger partial charge in [-0.2, -0.15) is 0 Å². The number of aryl methyl sites for hydroxylation is 1. The van der Waals surface area contributed by atoms with E-state index in [4.69, 9.17) is 0 Å². The van der Waals surface area contributed by atoms with Crippen LogP contribution in [0.1, 0.15) is 5.56 Å². The van der Waals surface area contributed by atoms with Gasteiger partial charge in [-0.3, -0.25) is 0 Å². The molecule has 0 aliphatic carbocycles. The summed E-state index contributed by atoms with van der Waals surface area (Å²) in [6.45, 7) is 1.96. The summed E-state index contributed by atoms with van der Waals surface area (Å²) in [7, 11) is -4.26. The van der Waals surface area contributed by atoms with Gasteiger partial charge >= 0.3 is 0 Å². The SMILES string of the molecule is Cc1ccc(S(=O)N=S(C)(=O)c2ccccc2)cc1. The first-order chi connectivity index (χ1) is 8.99. The van der Waals surface area contributed by atoms with Gasteiger partial charge in [0.15, 0.2) is 11.0 Å². The zero-order valence-corrected chi connectivity index (χ0v) is 12.4. The number of hydrogen-bond acceptors (Lipinski definition) is 2. The van der Waals surface area contributed by atoms with Crippen LogP contribution in [0.5, 0.6) is 0 Å². The lowest BCUT2D eigenvalue weighted by atomic mass is 10.2. The lowest BCUT2D eigenvalue weighted by molar-refractivity contribution is 0.677. The Hall–Kier alpha value is -1.46. The van der Waals surface area contributed by atoms with E-state index in [9.17, 15) is 8.42 Å². The summed E-state index contributed by atoms with van der Waals surface area (Å²) < 4.78 is 28.6. The van der Waals surface area contributed by atoms with Crippen molar-refractivity contribution in [1.29, 1.82) is 0 Å². The molecule has 0 amide bonds. The summed E-state index contributed by atoms with van der Waals surface area (Å²) in [6, 6.07) is 16.1. The smallest absolute Gasteiger partial charge is 0.181 e. The van der Waals surface area contributed by atoms with Gasteiger partial charge in [0, 0.05) is 11.2 Å². The van der Waals surface area contributed by atoms with Crippen molar-refractivity contribution in [1.82, 2.24) is 0 Å². The van der Waals surface area contributed by atoms with Crippen molar-refractivity contribution in [2.75, 3.05) is 6.26 Å². The molecule has 0 saturated heterocycles. The van der Waals surface area contributed by atoms with Crippen molar-refractivity contribution in [2.45, 2.75) is 16.7 Å². The minimum atomic E-state index is -2.64. The molecule has 19 heavy (non-hydrogen) atoms. The lowest BCUT2D eigenvalue weighted by Gasteiger charge is -2.04. The van der Waals surface area contributed by atoms with Gasteiger partial charge in [-0.05, 0) is 31.2 Å². The Morgan fingerprint density at radius 3 is 2.16 bits per heavy atom. The summed E-state index contributed by atoms with van der Waals surface area (Å²) in [6.07, 6.45) is 1.51.